The highest BCUT2D eigenvalue weighted by Gasteiger charge is 2.32. The number of carbonyl (C=O) groups is 1. The van der Waals surface area contributed by atoms with Gasteiger partial charge in [0.25, 0.3) is 10.0 Å². The van der Waals surface area contributed by atoms with Gasteiger partial charge in [-0.1, -0.05) is 48.5 Å². The van der Waals surface area contributed by atoms with Gasteiger partial charge in [0.05, 0.1) is 22.3 Å². The quantitative estimate of drug-likeness (QED) is 0.646. The van der Waals surface area contributed by atoms with E-state index in [1.165, 1.54) is 36.2 Å². The average Bonchev–Trinajstić information content (AvgIpc) is 3.20. The third-order valence-corrected chi connectivity index (χ3v) is 6.38. The van der Waals surface area contributed by atoms with Crippen molar-refractivity contribution in [3.05, 3.63) is 95.8 Å². The maximum Gasteiger partial charge on any atom is 0.261 e. The Morgan fingerprint density at radius 3 is 2.45 bits per heavy atom. The molecule has 4 rings (SSSR count). The van der Waals surface area contributed by atoms with E-state index >= 15 is 0 Å². The van der Waals surface area contributed by atoms with E-state index in [1.54, 1.807) is 54.6 Å². The first-order valence-corrected chi connectivity index (χ1v) is 11.1. The smallest absolute Gasteiger partial charge is 0.261 e. The summed E-state index contributed by atoms with van der Waals surface area (Å²) in [6.45, 7) is 1.39. The highest BCUT2D eigenvalue weighted by molar-refractivity contribution is 7.92. The molecule has 0 radical (unpaired) electrons. The van der Waals surface area contributed by atoms with Gasteiger partial charge in [-0.15, -0.1) is 0 Å². The van der Waals surface area contributed by atoms with Gasteiger partial charge in [-0.25, -0.2) is 17.8 Å². The zero-order chi connectivity index (χ0) is 22.0. The van der Waals surface area contributed by atoms with E-state index in [0.29, 0.717) is 28.9 Å². The van der Waals surface area contributed by atoms with Crippen LogP contribution < -0.4 is 4.72 Å². The molecule has 158 valence electrons. The maximum atomic E-state index is 13.8. The zero-order valence-electron chi connectivity index (χ0n) is 16.7. The molecule has 31 heavy (non-hydrogen) atoms. The van der Waals surface area contributed by atoms with Gasteiger partial charge in [0.15, 0.2) is 0 Å². The molecule has 1 N–H and O–H groups in total. The van der Waals surface area contributed by atoms with Gasteiger partial charge in [-0.2, -0.15) is 5.10 Å². The van der Waals surface area contributed by atoms with Crippen molar-refractivity contribution >= 4 is 27.3 Å². The number of nitrogens with zero attached hydrogens (tertiary/aromatic N) is 2. The second-order valence-corrected chi connectivity index (χ2v) is 8.83. The van der Waals surface area contributed by atoms with Crippen LogP contribution in [0.2, 0.25) is 0 Å². The fourth-order valence-corrected chi connectivity index (χ4v) is 4.66. The lowest BCUT2D eigenvalue weighted by Crippen LogP contribution is -2.24. The van der Waals surface area contributed by atoms with E-state index in [1.807, 2.05) is 0 Å². The molecule has 3 aromatic rings. The van der Waals surface area contributed by atoms with Crippen molar-refractivity contribution in [3.63, 3.8) is 0 Å². The van der Waals surface area contributed by atoms with E-state index in [4.69, 9.17) is 0 Å². The number of rotatable bonds is 5. The number of sulfonamides is 1. The summed E-state index contributed by atoms with van der Waals surface area (Å²) >= 11 is 0. The summed E-state index contributed by atoms with van der Waals surface area (Å²) in [5.41, 5.74) is 2.08. The number of hydrogen-bond donors (Lipinski definition) is 1. The van der Waals surface area contributed by atoms with E-state index in [2.05, 4.69) is 9.82 Å². The minimum atomic E-state index is -3.80. The molecular weight excluding hydrogens is 417 g/mol. The average molecular weight is 437 g/mol. The predicted molar refractivity (Wildman–Crippen MR) is 117 cm³/mol. The number of benzene rings is 3. The fourth-order valence-electron chi connectivity index (χ4n) is 3.56. The molecule has 1 heterocycles. The molecular formula is C23H20FN3O3S. The molecule has 8 heteroatoms. The van der Waals surface area contributed by atoms with Crippen LogP contribution in [0, 0.1) is 5.82 Å². The van der Waals surface area contributed by atoms with Gasteiger partial charge in [-0.05, 0) is 35.9 Å². The largest absolute Gasteiger partial charge is 0.279 e. The van der Waals surface area contributed by atoms with Crippen LogP contribution in [0.5, 0.6) is 0 Å². The molecule has 1 aliphatic heterocycles. The van der Waals surface area contributed by atoms with Crippen LogP contribution in [-0.2, 0) is 14.8 Å². The third kappa shape index (κ3) is 4.34. The number of amides is 1. The molecule has 0 aliphatic carbocycles. The first-order valence-electron chi connectivity index (χ1n) is 9.65. The van der Waals surface area contributed by atoms with E-state index in [9.17, 15) is 17.6 Å². The molecule has 3 aromatic carbocycles. The predicted octanol–water partition coefficient (Wildman–Crippen LogP) is 4.32. The standard InChI is InChI=1S/C23H20FN3O3S/c1-16(28)27-23(17-8-7-9-18(24)14-17)15-22(25-27)20-12-5-6-13-21(20)26-31(29,30)19-10-3-2-4-11-19/h2-14,23,26H,15H2,1H3/t23-/m0/s1. The lowest BCUT2D eigenvalue weighted by atomic mass is 9.97. The van der Waals surface area contributed by atoms with Gasteiger partial charge >= 0.3 is 0 Å². The number of hydrazone groups is 1. The molecule has 0 unspecified atom stereocenters. The van der Waals surface area contributed by atoms with Crippen molar-refractivity contribution in [2.24, 2.45) is 5.10 Å². The van der Waals surface area contributed by atoms with Crippen LogP contribution in [0.1, 0.15) is 30.5 Å². The van der Waals surface area contributed by atoms with Crippen LogP contribution in [-0.4, -0.2) is 25.0 Å². The van der Waals surface area contributed by atoms with E-state index < -0.39 is 21.9 Å². The first-order chi connectivity index (χ1) is 14.8. The van der Waals surface area contributed by atoms with Gasteiger partial charge in [0, 0.05) is 18.9 Å². The topological polar surface area (TPSA) is 78.8 Å². The van der Waals surface area contributed by atoms with Crippen molar-refractivity contribution in [1.82, 2.24) is 5.01 Å². The van der Waals surface area contributed by atoms with Crippen molar-refractivity contribution in [3.8, 4) is 0 Å². The Kier molecular flexibility index (Phi) is 5.56. The molecule has 0 bridgehead atoms. The van der Waals surface area contributed by atoms with Crippen molar-refractivity contribution in [2.45, 2.75) is 24.3 Å². The monoisotopic (exact) mass is 437 g/mol. The highest BCUT2D eigenvalue weighted by atomic mass is 32.2. The number of nitrogens with one attached hydrogen (secondary N) is 1. The van der Waals surface area contributed by atoms with Crippen molar-refractivity contribution < 1.29 is 17.6 Å². The molecule has 0 saturated heterocycles. The van der Waals surface area contributed by atoms with Crippen molar-refractivity contribution in [1.29, 1.82) is 0 Å². The maximum absolute atomic E-state index is 13.8. The second kappa shape index (κ2) is 8.31. The molecule has 0 spiro atoms. The summed E-state index contributed by atoms with van der Waals surface area (Å²) in [4.78, 5) is 12.3. The third-order valence-electron chi connectivity index (χ3n) is 5.00. The van der Waals surface area contributed by atoms with Crippen LogP contribution in [0.25, 0.3) is 0 Å². The Hall–Kier alpha value is -3.52. The lowest BCUT2D eigenvalue weighted by molar-refractivity contribution is -0.130. The Labute approximate surface area is 180 Å². The summed E-state index contributed by atoms with van der Waals surface area (Å²) < 4.78 is 42.0. The Balaban J connectivity index is 1.69. The van der Waals surface area contributed by atoms with Gasteiger partial charge in [0.2, 0.25) is 5.91 Å². The zero-order valence-corrected chi connectivity index (χ0v) is 17.5. The molecule has 1 amide bonds. The Morgan fingerprint density at radius 1 is 1.03 bits per heavy atom. The van der Waals surface area contributed by atoms with E-state index in [-0.39, 0.29) is 10.8 Å². The number of carbonyl (C=O) groups excluding carboxylic acids is 1. The van der Waals surface area contributed by atoms with Crippen molar-refractivity contribution in [2.75, 3.05) is 4.72 Å². The summed E-state index contributed by atoms with van der Waals surface area (Å²) in [5, 5.41) is 5.76. The van der Waals surface area contributed by atoms with Gasteiger partial charge < -0.3 is 0 Å². The summed E-state index contributed by atoms with van der Waals surface area (Å²) in [6, 6.07) is 20.5. The van der Waals surface area contributed by atoms with Crippen LogP contribution in [0.3, 0.4) is 0 Å². The highest BCUT2D eigenvalue weighted by Crippen LogP contribution is 2.35. The minimum absolute atomic E-state index is 0.140. The van der Waals surface area contributed by atoms with Crippen LogP contribution in [0.4, 0.5) is 10.1 Å². The molecule has 0 saturated carbocycles. The molecule has 0 fully saturated rings. The SMILES string of the molecule is CC(=O)N1N=C(c2ccccc2NS(=O)(=O)c2ccccc2)C[C@H]1c1cccc(F)c1. The number of hydrogen-bond acceptors (Lipinski definition) is 4. The summed E-state index contributed by atoms with van der Waals surface area (Å²) in [6.07, 6.45) is 0.326. The van der Waals surface area contributed by atoms with Crippen LogP contribution in [0.15, 0.2) is 88.9 Å². The molecule has 1 atom stereocenters. The number of halogens is 1. The minimum Gasteiger partial charge on any atom is -0.279 e. The molecule has 1 aliphatic rings. The summed E-state index contributed by atoms with van der Waals surface area (Å²) in [5.74, 6) is -0.683. The second-order valence-electron chi connectivity index (χ2n) is 7.15. The molecule has 6 nitrogen and oxygen atoms in total. The summed E-state index contributed by atoms with van der Waals surface area (Å²) in [7, 11) is -3.80. The fraction of sp³-hybridized carbons (Fsp3) is 0.130. The number of para-hydroxylation sites is 1. The van der Waals surface area contributed by atoms with Gasteiger partial charge in [-0.3, -0.25) is 9.52 Å². The Morgan fingerprint density at radius 2 is 1.74 bits per heavy atom. The van der Waals surface area contributed by atoms with Gasteiger partial charge in [0.1, 0.15) is 5.82 Å². The normalized spacial score (nSPS) is 16.1. The lowest BCUT2D eigenvalue weighted by Gasteiger charge is -2.20. The first kappa shape index (κ1) is 20.7. The van der Waals surface area contributed by atoms with Crippen LogP contribution >= 0.6 is 0 Å². The number of anilines is 1. The molecule has 0 aromatic heterocycles. The Bertz CT molecular complexity index is 1260. The van der Waals surface area contributed by atoms with E-state index in [0.717, 1.165) is 0 Å².